The molecular formula is C26H28N2O5. The second-order valence-corrected chi connectivity index (χ2v) is 8.08. The highest BCUT2D eigenvalue weighted by atomic mass is 16.5. The molecule has 3 atom stereocenters. The molecule has 33 heavy (non-hydrogen) atoms. The standard InChI is InChI=1S/C26H28N2O5/c1-4-5-14-23(25(30)31)28-24(29)16(2)17(3)27-26(32)33-15-22-20-12-8-6-10-18(20)19-11-7-9-13-21(19)22/h6-13,16-17,22-23H,14-15H2,1-3H3,(H,27,32)(H,28,29)(H,30,31). The van der Waals surface area contributed by atoms with Gasteiger partial charge in [0, 0.05) is 18.4 Å². The van der Waals surface area contributed by atoms with Crippen molar-refractivity contribution in [3.8, 4) is 23.0 Å². The van der Waals surface area contributed by atoms with E-state index in [0.717, 1.165) is 22.3 Å². The van der Waals surface area contributed by atoms with Crippen LogP contribution < -0.4 is 10.6 Å². The molecule has 0 spiro atoms. The van der Waals surface area contributed by atoms with E-state index in [0.29, 0.717) is 0 Å². The van der Waals surface area contributed by atoms with Gasteiger partial charge in [0.2, 0.25) is 5.91 Å². The second-order valence-electron chi connectivity index (χ2n) is 8.08. The van der Waals surface area contributed by atoms with Gasteiger partial charge in [0.1, 0.15) is 12.6 Å². The molecule has 3 N–H and O–H groups in total. The first-order valence-electron chi connectivity index (χ1n) is 10.9. The van der Waals surface area contributed by atoms with E-state index in [9.17, 15) is 19.5 Å². The lowest BCUT2D eigenvalue weighted by molar-refractivity contribution is -0.142. The van der Waals surface area contributed by atoms with Gasteiger partial charge in [-0.3, -0.25) is 4.79 Å². The first-order chi connectivity index (χ1) is 15.8. The highest BCUT2D eigenvalue weighted by molar-refractivity contribution is 5.85. The van der Waals surface area contributed by atoms with Crippen molar-refractivity contribution in [2.24, 2.45) is 5.92 Å². The van der Waals surface area contributed by atoms with Gasteiger partial charge in [0.15, 0.2) is 0 Å². The predicted octanol–water partition coefficient (Wildman–Crippen LogP) is 3.53. The maximum atomic E-state index is 12.5. The summed E-state index contributed by atoms with van der Waals surface area (Å²) < 4.78 is 5.52. The van der Waals surface area contributed by atoms with E-state index >= 15 is 0 Å². The van der Waals surface area contributed by atoms with Crippen molar-refractivity contribution in [3.05, 3.63) is 59.7 Å². The van der Waals surface area contributed by atoms with Crippen LogP contribution in [0.5, 0.6) is 0 Å². The van der Waals surface area contributed by atoms with Gasteiger partial charge >= 0.3 is 12.1 Å². The largest absolute Gasteiger partial charge is 0.480 e. The van der Waals surface area contributed by atoms with E-state index in [4.69, 9.17) is 4.74 Å². The van der Waals surface area contributed by atoms with E-state index in [1.807, 2.05) is 36.4 Å². The first-order valence-corrected chi connectivity index (χ1v) is 10.9. The molecule has 0 bridgehead atoms. The minimum Gasteiger partial charge on any atom is -0.480 e. The number of hydrogen-bond acceptors (Lipinski definition) is 4. The summed E-state index contributed by atoms with van der Waals surface area (Å²) in [5, 5.41) is 14.4. The zero-order chi connectivity index (χ0) is 24.0. The first kappa shape index (κ1) is 23.9. The molecule has 0 aromatic heterocycles. The van der Waals surface area contributed by atoms with Crippen LogP contribution in [0.15, 0.2) is 48.5 Å². The molecule has 0 heterocycles. The number of hydrogen-bond donors (Lipinski definition) is 3. The Labute approximate surface area is 193 Å². The van der Waals surface area contributed by atoms with Crippen molar-refractivity contribution in [1.29, 1.82) is 0 Å². The highest BCUT2D eigenvalue weighted by Crippen LogP contribution is 2.44. The van der Waals surface area contributed by atoms with Crippen molar-refractivity contribution < 1.29 is 24.2 Å². The number of fused-ring (bicyclic) bond motifs is 3. The minimum absolute atomic E-state index is 0.0124. The zero-order valence-corrected chi connectivity index (χ0v) is 18.9. The number of aliphatic carboxylic acids is 1. The van der Waals surface area contributed by atoms with Crippen LogP contribution in [-0.4, -0.2) is 41.8 Å². The molecule has 2 amide bonds. The smallest absolute Gasteiger partial charge is 0.407 e. The Balaban J connectivity index is 1.57. The lowest BCUT2D eigenvalue weighted by Crippen LogP contribution is -2.48. The molecule has 0 saturated carbocycles. The van der Waals surface area contributed by atoms with E-state index in [-0.39, 0.29) is 18.9 Å². The average molecular weight is 449 g/mol. The van der Waals surface area contributed by atoms with Crippen molar-refractivity contribution in [2.75, 3.05) is 6.61 Å². The van der Waals surface area contributed by atoms with Crippen molar-refractivity contribution in [3.63, 3.8) is 0 Å². The normalized spacial score (nSPS) is 14.5. The van der Waals surface area contributed by atoms with Gasteiger partial charge in [0.25, 0.3) is 0 Å². The second kappa shape index (κ2) is 10.7. The van der Waals surface area contributed by atoms with Crippen LogP contribution >= 0.6 is 0 Å². The SMILES string of the molecule is CC#CCC(NC(=O)C(C)C(C)NC(=O)OCC1c2ccccc2-c2ccccc21)C(=O)O. The molecular weight excluding hydrogens is 420 g/mol. The van der Waals surface area contributed by atoms with Crippen LogP contribution in [0, 0.1) is 17.8 Å². The van der Waals surface area contributed by atoms with Crippen molar-refractivity contribution in [2.45, 2.75) is 45.2 Å². The Bertz CT molecular complexity index is 1060. The Kier molecular flexibility index (Phi) is 7.73. The maximum Gasteiger partial charge on any atom is 0.407 e. The zero-order valence-electron chi connectivity index (χ0n) is 18.9. The summed E-state index contributed by atoms with van der Waals surface area (Å²) in [6.07, 6.45) is -0.617. The Morgan fingerprint density at radius 2 is 1.58 bits per heavy atom. The van der Waals surface area contributed by atoms with Crippen molar-refractivity contribution in [1.82, 2.24) is 10.6 Å². The summed E-state index contributed by atoms with van der Waals surface area (Å²) >= 11 is 0. The lowest BCUT2D eigenvalue weighted by Gasteiger charge is -2.23. The topological polar surface area (TPSA) is 105 Å². The monoisotopic (exact) mass is 448 g/mol. The van der Waals surface area contributed by atoms with Gasteiger partial charge < -0.3 is 20.5 Å². The number of carbonyl (C=O) groups excluding carboxylic acids is 2. The molecule has 1 aliphatic rings. The van der Waals surface area contributed by atoms with Gasteiger partial charge in [-0.2, -0.15) is 0 Å². The minimum atomic E-state index is -1.16. The summed E-state index contributed by atoms with van der Waals surface area (Å²) in [6, 6.07) is 14.5. The third-order valence-corrected chi connectivity index (χ3v) is 5.95. The van der Waals surface area contributed by atoms with Gasteiger partial charge in [-0.25, -0.2) is 9.59 Å². The molecule has 172 valence electrons. The van der Waals surface area contributed by atoms with Gasteiger partial charge in [-0.05, 0) is 36.1 Å². The summed E-state index contributed by atoms with van der Waals surface area (Å²) in [4.78, 5) is 36.3. The lowest BCUT2D eigenvalue weighted by atomic mass is 9.98. The van der Waals surface area contributed by atoms with Crippen LogP contribution in [-0.2, 0) is 14.3 Å². The van der Waals surface area contributed by atoms with E-state index in [1.165, 1.54) is 0 Å². The maximum absolute atomic E-state index is 12.5. The number of nitrogens with one attached hydrogen (secondary N) is 2. The summed E-state index contributed by atoms with van der Waals surface area (Å²) in [6.45, 7) is 5.06. The number of benzene rings is 2. The van der Waals surface area contributed by atoms with Crippen LogP contribution in [0.4, 0.5) is 4.79 Å². The van der Waals surface area contributed by atoms with E-state index in [2.05, 4.69) is 34.6 Å². The predicted molar refractivity (Wildman–Crippen MR) is 124 cm³/mol. The molecule has 7 heteroatoms. The van der Waals surface area contributed by atoms with Crippen LogP contribution in [0.1, 0.15) is 44.2 Å². The molecule has 2 aromatic rings. The molecule has 7 nitrogen and oxygen atoms in total. The fourth-order valence-corrected chi connectivity index (χ4v) is 3.89. The highest BCUT2D eigenvalue weighted by Gasteiger charge is 2.30. The molecule has 1 aliphatic carbocycles. The molecule has 2 aromatic carbocycles. The van der Waals surface area contributed by atoms with Crippen LogP contribution in [0.2, 0.25) is 0 Å². The summed E-state index contributed by atoms with van der Waals surface area (Å²) in [7, 11) is 0. The molecule has 0 radical (unpaired) electrons. The quantitative estimate of drug-likeness (QED) is 0.536. The number of ether oxygens (including phenoxy) is 1. The number of carboxylic acid groups (broad SMARTS) is 1. The van der Waals surface area contributed by atoms with Gasteiger partial charge in [0.05, 0.1) is 5.92 Å². The number of rotatable bonds is 8. The molecule has 0 fully saturated rings. The van der Waals surface area contributed by atoms with Crippen LogP contribution in [0.25, 0.3) is 11.1 Å². The number of alkyl carbamates (subject to hydrolysis) is 1. The molecule has 3 unspecified atom stereocenters. The Morgan fingerprint density at radius 3 is 2.12 bits per heavy atom. The molecule has 0 aliphatic heterocycles. The Morgan fingerprint density at radius 1 is 1.00 bits per heavy atom. The third kappa shape index (κ3) is 5.53. The average Bonchev–Trinajstić information content (AvgIpc) is 3.13. The number of amides is 2. The summed E-state index contributed by atoms with van der Waals surface area (Å²) in [5.74, 6) is 2.91. The third-order valence-electron chi connectivity index (χ3n) is 5.95. The number of carbonyl (C=O) groups is 3. The van der Waals surface area contributed by atoms with E-state index in [1.54, 1.807) is 20.8 Å². The van der Waals surface area contributed by atoms with E-state index < -0.39 is 36.0 Å². The van der Waals surface area contributed by atoms with Crippen molar-refractivity contribution >= 4 is 18.0 Å². The Hall–Kier alpha value is -3.79. The van der Waals surface area contributed by atoms with Crippen LogP contribution in [0.3, 0.4) is 0 Å². The van der Waals surface area contributed by atoms with Gasteiger partial charge in [-0.15, -0.1) is 11.8 Å². The fourth-order valence-electron chi connectivity index (χ4n) is 3.89. The fraction of sp³-hybridized carbons (Fsp3) is 0.346. The summed E-state index contributed by atoms with van der Waals surface area (Å²) in [5.41, 5.74) is 4.51. The van der Waals surface area contributed by atoms with Gasteiger partial charge in [-0.1, -0.05) is 55.5 Å². The molecule has 3 rings (SSSR count). The number of carboxylic acids is 1. The molecule has 0 saturated heterocycles.